The second kappa shape index (κ2) is 10.2. The molecule has 0 aliphatic carbocycles. The van der Waals surface area contributed by atoms with Gasteiger partial charge in [-0.3, -0.25) is 24.1 Å². The molecule has 0 radical (unpaired) electrons. The van der Waals surface area contributed by atoms with E-state index < -0.39 is 46.7 Å². The van der Waals surface area contributed by atoms with Crippen molar-refractivity contribution in [3.63, 3.8) is 0 Å². The summed E-state index contributed by atoms with van der Waals surface area (Å²) in [5, 5.41) is 2.03. The van der Waals surface area contributed by atoms with E-state index in [1.54, 1.807) is 21.8 Å². The first-order chi connectivity index (χ1) is 21.3. The average Bonchev–Trinajstić information content (AvgIpc) is 3.55. The molecular formula is C33H31F2N3O5S. The lowest BCUT2D eigenvalue weighted by molar-refractivity contribution is -0.134. The van der Waals surface area contributed by atoms with Gasteiger partial charge in [-0.1, -0.05) is 31.2 Å². The molecule has 8 nitrogen and oxygen atoms in total. The maximum atomic E-state index is 15.6. The highest BCUT2D eigenvalue weighted by atomic mass is 32.2. The monoisotopic (exact) mass is 619 g/mol. The number of carbonyl (C=O) groups is 2. The maximum Gasteiger partial charge on any atom is 0.311 e. The number of thioether (sulfide) groups is 1. The van der Waals surface area contributed by atoms with Gasteiger partial charge < -0.3 is 14.4 Å². The number of hydrogen-bond acceptors (Lipinski definition) is 7. The number of fused-ring (bicyclic) bond motifs is 6. The van der Waals surface area contributed by atoms with Gasteiger partial charge in [-0.2, -0.15) is 0 Å². The van der Waals surface area contributed by atoms with Crippen molar-refractivity contribution in [3.05, 3.63) is 92.9 Å². The quantitative estimate of drug-likeness (QED) is 0.368. The van der Waals surface area contributed by atoms with Crippen LogP contribution >= 0.6 is 11.8 Å². The lowest BCUT2D eigenvalue weighted by Crippen LogP contribution is -2.70. The summed E-state index contributed by atoms with van der Waals surface area (Å²) in [7, 11) is 0. The Labute approximate surface area is 256 Å². The molecule has 2 aromatic carbocycles. The van der Waals surface area contributed by atoms with Crippen LogP contribution in [0.15, 0.2) is 58.4 Å². The molecule has 3 fully saturated rings. The van der Waals surface area contributed by atoms with Crippen molar-refractivity contribution < 1.29 is 27.8 Å². The number of esters is 1. The predicted molar refractivity (Wildman–Crippen MR) is 158 cm³/mol. The topological polar surface area (TPSA) is 81.1 Å². The molecule has 44 heavy (non-hydrogen) atoms. The van der Waals surface area contributed by atoms with Crippen LogP contribution in [0.3, 0.4) is 0 Å². The SMILES string of the molecule is CCCC(=O)Oc1c2n(ccc1=O)N(C1c3ccccc3SCc3c1ccc(F)c3F)[C@@H]1[C@H]3C[C@@H]4CC[C@@]3(CCN1C2=O)O4. The Morgan fingerprint density at radius 3 is 2.77 bits per heavy atom. The summed E-state index contributed by atoms with van der Waals surface area (Å²) < 4.78 is 44.1. The number of carbonyl (C=O) groups excluding carboxylic acids is 2. The van der Waals surface area contributed by atoms with Crippen LogP contribution in [0.1, 0.15) is 78.7 Å². The fraction of sp³-hybridized carbons (Fsp3) is 0.424. The second-order valence-electron chi connectivity index (χ2n) is 12.3. The van der Waals surface area contributed by atoms with Crippen LogP contribution in [0.25, 0.3) is 0 Å². The second-order valence-corrected chi connectivity index (χ2v) is 13.3. The smallest absolute Gasteiger partial charge is 0.311 e. The van der Waals surface area contributed by atoms with Crippen molar-refractivity contribution in [1.29, 1.82) is 0 Å². The number of rotatable bonds is 4. The minimum atomic E-state index is -0.920. The molecule has 3 saturated heterocycles. The van der Waals surface area contributed by atoms with Crippen LogP contribution in [0, 0.1) is 17.6 Å². The van der Waals surface area contributed by atoms with Gasteiger partial charge in [-0.25, -0.2) is 8.78 Å². The first-order valence-corrected chi connectivity index (χ1v) is 16.2. The van der Waals surface area contributed by atoms with Gasteiger partial charge in [-0.05, 0) is 55.4 Å². The molecule has 0 N–H and O–H groups in total. The van der Waals surface area contributed by atoms with Gasteiger partial charge in [-0.15, -0.1) is 11.8 Å². The minimum absolute atomic E-state index is 0.0447. The van der Waals surface area contributed by atoms with E-state index >= 15 is 4.39 Å². The molecular weight excluding hydrogens is 588 g/mol. The highest BCUT2D eigenvalue weighted by Gasteiger charge is 2.63. The molecule has 8 rings (SSSR count). The number of benzene rings is 2. The van der Waals surface area contributed by atoms with Crippen molar-refractivity contribution in [2.24, 2.45) is 5.92 Å². The van der Waals surface area contributed by atoms with Gasteiger partial charge in [0, 0.05) is 47.4 Å². The number of nitrogens with zero attached hydrogens (tertiary/aromatic N) is 3. The molecule has 1 aromatic heterocycles. The van der Waals surface area contributed by atoms with Crippen LogP contribution in [0.4, 0.5) is 8.78 Å². The third-order valence-electron chi connectivity index (χ3n) is 10.0. The van der Waals surface area contributed by atoms with E-state index in [-0.39, 0.29) is 41.2 Å². The van der Waals surface area contributed by atoms with Crippen molar-refractivity contribution in [2.45, 2.75) is 80.0 Å². The minimum Gasteiger partial charge on any atom is -0.420 e. The van der Waals surface area contributed by atoms with Crippen molar-refractivity contribution in [2.75, 3.05) is 11.6 Å². The maximum absolute atomic E-state index is 15.6. The highest BCUT2D eigenvalue weighted by Crippen LogP contribution is 2.57. The van der Waals surface area contributed by atoms with Gasteiger partial charge in [0.15, 0.2) is 17.3 Å². The lowest BCUT2D eigenvalue weighted by atomic mass is 9.71. The predicted octanol–water partition coefficient (Wildman–Crippen LogP) is 5.29. The van der Waals surface area contributed by atoms with Crippen LogP contribution in [0.2, 0.25) is 0 Å². The Bertz CT molecular complexity index is 1780. The Morgan fingerprint density at radius 2 is 1.95 bits per heavy atom. The Hall–Kier alpha value is -3.70. The third-order valence-corrected chi connectivity index (χ3v) is 11.1. The Kier molecular flexibility index (Phi) is 6.43. The van der Waals surface area contributed by atoms with Crippen LogP contribution in [0.5, 0.6) is 5.75 Å². The largest absolute Gasteiger partial charge is 0.420 e. The van der Waals surface area contributed by atoms with Crippen molar-refractivity contribution in [1.82, 2.24) is 9.58 Å². The summed E-state index contributed by atoms with van der Waals surface area (Å²) in [6, 6.07) is 11.2. The number of pyridine rings is 1. The Balaban J connectivity index is 1.41. The zero-order valence-electron chi connectivity index (χ0n) is 24.1. The van der Waals surface area contributed by atoms with Crippen LogP contribution in [-0.4, -0.2) is 45.9 Å². The van der Waals surface area contributed by atoms with E-state index in [0.29, 0.717) is 24.9 Å². The third kappa shape index (κ3) is 3.94. The number of aromatic nitrogens is 1. The molecule has 5 aliphatic heterocycles. The lowest BCUT2D eigenvalue weighted by Gasteiger charge is -2.57. The molecule has 0 saturated carbocycles. The first kappa shape index (κ1) is 27.8. The molecule has 2 bridgehead atoms. The summed E-state index contributed by atoms with van der Waals surface area (Å²) in [6.45, 7) is 2.20. The fourth-order valence-electron chi connectivity index (χ4n) is 8.12. The first-order valence-electron chi connectivity index (χ1n) is 15.2. The number of hydrogen-bond donors (Lipinski definition) is 0. The van der Waals surface area contributed by atoms with Gasteiger partial charge in [0.2, 0.25) is 11.2 Å². The van der Waals surface area contributed by atoms with Gasteiger partial charge in [0.05, 0.1) is 17.7 Å². The molecule has 6 heterocycles. The van der Waals surface area contributed by atoms with E-state index in [4.69, 9.17) is 9.47 Å². The summed E-state index contributed by atoms with van der Waals surface area (Å²) in [4.78, 5) is 43.1. The van der Waals surface area contributed by atoms with Crippen molar-refractivity contribution in [3.8, 4) is 5.75 Å². The number of amides is 1. The molecule has 5 atom stereocenters. The molecule has 1 amide bonds. The van der Waals surface area contributed by atoms with Gasteiger partial charge in [0.1, 0.15) is 6.17 Å². The number of piperidine rings is 1. The summed E-state index contributed by atoms with van der Waals surface area (Å²) in [5.41, 5.74) is 0.688. The number of halogens is 2. The zero-order valence-corrected chi connectivity index (χ0v) is 24.9. The highest BCUT2D eigenvalue weighted by molar-refractivity contribution is 7.98. The summed E-state index contributed by atoms with van der Waals surface area (Å²) in [6.07, 6.45) is 4.99. The average molecular weight is 620 g/mol. The van der Waals surface area contributed by atoms with E-state index in [1.165, 1.54) is 17.8 Å². The molecule has 5 aliphatic rings. The number of ether oxygens (including phenoxy) is 2. The summed E-state index contributed by atoms with van der Waals surface area (Å²) in [5.74, 6) is -2.96. The zero-order chi connectivity index (χ0) is 30.3. The molecule has 1 unspecified atom stereocenters. The molecule has 3 aromatic rings. The fourth-order valence-corrected chi connectivity index (χ4v) is 9.23. The molecule has 228 valence electrons. The molecule has 11 heteroatoms. The van der Waals surface area contributed by atoms with Gasteiger partial charge >= 0.3 is 5.97 Å². The van der Waals surface area contributed by atoms with Crippen LogP contribution < -0.4 is 15.2 Å². The van der Waals surface area contributed by atoms with Gasteiger partial charge in [0.25, 0.3) is 5.91 Å². The Morgan fingerprint density at radius 1 is 1.11 bits per heavy atom. The van der Waals surface area contributed by atoms with E-state index in [2.05, 4.69) is 0 Å². The normalized spacial score (nSPS) is 28.0. The van der Waals surface area contributed by atoms with E-state index in [0.717, 1.165) is 35.8 Å². The summed E-state index contributed by atoms with van der Waals surface area (Å²) >= 11 is 1.44. The van der Waals surface area contributed by atoms with Crippen LogP contribution in [-0.2, 0) is 15.3 Å². The molecule has 1 spiro atoms. The van der Waals surface area contributed by atoms with E-state index in [1.807, 2.05) is 36.2 Å². The van der Waals surface area contributed by atoms with Crippen molar-refractivity contribution >= 4 is 23.6 Å². The standard InChI is InChI=1S/C33H31F2N3O5S/c1-2-5-26(40)42-30-24(39)11-14-37-29(30)32(41)36-15-13-33-12-10-18(43-33)16-22(33)31(36)38(37)28-19-8-9-23(34)27(35)21(19)17-44-25-7-4-3-6-20(25)28/h3-4,6-9,11,14,18,22,28,31H,2,5,10,12-13,15-17H2,1H3/t18-,22+,28?,31+,33-/m0/s1. The van der Waals surface area contributed by atoms with E-state index in [9.17, 15) is 18.8 Å².